The summed E-state index contributed by atoms with van der Waals surface area (Å²) in [6, 6.07) is 17.4. The number of aromatic nitrogens is 1. The van der Waals surface area contributed by atoms with Crippen LogP contribution in [0.1, 0.15) is 9.67 Å². The topological polar surface area (TPSA) is 42.0 Å². The SMILES string of the molecule is O=C(Nc1ccc(-c2ccccc2)cn1)c1cccs1. The van der Waals surface area contributed by atoms with Crippen molar-refractivity contribution in [3.63, 3.8) is 0 Å². The van der Waals surface area contributed by atoms with E-state index in [9.17, 15) is 4.79 Å². The summed E-state index contributed by atoms with van der Waals surface area (Å²) < 4.78 is 0. The Hall–Kier alpha value is -2.46. The molecule has 2 heterocycles. The number of benzene rings is 1. The van der Waals surface area contributed by atoms with E-state index >= 15 is 0 Å². The summed E-state index contributed by atoms with van der Waals surface area (Å²) in [7, 11) is 0. The van der Waals surface area contributed by atoms with E-state index in [4.69, 9.17) is 0 Å². The molecule has 0 saturated carbocycles. The molecule has 1 amide bonds. The van der Waals surface area contributed by atoms with Crippen molar-refractivity contribution in [2.75, 3.05) is 5.32 Å². The molecule has 0 radical (unpaired) electrons. The van der Waals surface area contributed by atoms with Crippen LogP contribution in [0.2, 0.25) is 0 Å². The standard InChI is InChI=1S/C16H12N2OS/c19-16(14-7-4-10-20-14)18-15-9-8-13(11-17-15)12-5-2-1-3-6-12/h1-11H,(H,17,18,19). The zero-order chi connectivity index (χ0) is 13.8. The largest absolute Gasteiger partial charge is 0.306 e. The minimum Gasteiger partial charge on any atom is -0.306 e. The van der Waals surface area contributed by atoms with E-state index in [1.54, 1.807) is 12.3 Å². The van der Waals surface area contributed by atoms with Crippen LogP contribution in [0.15, 0.2) is 66.2 Å². The number of amides is 1. The van der Waals surface area contributed by atoms with Gasteiger partial charge in [0.05, 0.1) is 4.88 Å². The smallest absolute Gasteiger partial charge is 0.266 e. The van der Waals surface area contributed by atoms with E-state index in [-0.39, 0.29) is 5.91 Å². The van der Waals surface area contributed by atoms with Gasteiger partial charge in [-0.25, -0.2) is 4.98 Å². The molecule has 3 aromatic rings. The first-order valence-electron chi connectivity index (χ1n) is 6.19. The molecule has 0 aliphatic rings. The zero-order valence-corrected chi connectivity index (χ0v) is 11.4. The van der Waals surface area contributed by atoms with Gasteiger partial charge >= 0.3 is 0 Å². The Labute approximate surface area is 120 Å². The van der Waals surface area contributed by atoms with Crippen molar-refractivity contribution in [2.24, 2.45) is 0 Å². The van der Waals surface area contributed by atoms with Crippen LogP contribution in [0.5, 0.6) is 0 Å². The van der Waals surface area contributed by atoms with Gasteiger partial charge in [0.15, 0.2) is 0 Å². The van der Waals surface area contributed by atoms with Gasteiger partial charge < -0.3 is 5.32 Å². The van der Waals surface area contributed by atoms with Crippen LogP contribution in [0.4, 0.5) is 5.82 Å². The molecule has 4 heteroatoms. The Kier molecular flexibility index (Phi) is 3.56. The monoisotopic (exact) mass is 280 g/mol. The summed E-state index contributed by atoms with van der Waals surface area (Å²) in [5, 5.41) is 4.66. The third-order valence-electron chi connectivity index (χ3n) is 2.86. The van der Waals surface area contributed by atoms with Gasteiger partial charge in [-0.1, -0.05) is 36.4 Å². The fourth-order valence-corrected chi connectivity index (χ4v) is 2.47. The molecule has 0 fully saturated rings. The summed E-state index contributed by atoms with van der Waals surface area (Å²) in [6.07, 6.45) is 1.76. The number of pyridine rings is 1. The van der Waals surface area contributed by atoms with Crippen LogP contribution in [0, 0.1) is 0 Å². The molecule has 0 saturated heterocycles. The number of anilines is 1. The molecule has 20 heavy (non-hydrogen) atoms. The molecule has 3 rings (SSSR count). The van der Waals surface area contributed by atoms with Gasteiger partial charge in [-0.2, -0.15) is 0 Å². The van der Waals surface area contributed by atoms with Crippen molar-refractivity contribution in [1.82, 2.24) is 4.98 Å². The highest BCUT2D eigenvalue weighted by Crippen LogP contribution is 2.19. The molecule has 0 atom stereocenters. The zero-order valence-electron chi connectivity index (χ0n) is 10.6. The summed E-state index contributed by atoms with van der Waals surface area (Å²) in [5.74, 6) is 0.433. The van der Waals surface area contributed by atoms with Crippen LogP contribution >= 0.6 is 11.3 Å². The lowest BCUT2D eigenvalue weighted by Crippen LogP contribution is -2.11. The lowest BCUT2D eigenvalue weighted by Gasteiger charge is -2.04. The Morgan fingerprint density at radius 2 is 1.80 bits per heavy atom. The third kappa shape index (κ3) is 2.75. The van der Waals surface area contributed by atoms with E-state index in [1.807, 2.05) is 53.9 Å². The average molecular weight is 280 g/mol. The van der Waals surface area contributed by atoms with Crippen molar-refractivity contribution < 1.29 is 4.79 Å². The van der Waals surface area contributed by atoms with E-state index < -0.39 is 0 Å². The second-order valence-corrected chi connectivity index (χ2v) is 5.18. The quantitative estimate of drug-likeness (QED) is 0.786. The molecule has 1 N–H and O–H groups in total. The van der Waals surface area contributed by atoms with Gasteiger partial charge in [0.1, 0.15) is 5.82 Å². The van der Waals surface area contributed by atoms with Crippen molar-refractivity contribution in [3.8, 4) is 11.1 Å². The summed E-state index contributed by atoms with van der Waals surface area (Å²) >= 11 is 1.41. The van der Waals surface area contributed by atoms with Gasteiger partial charge in [-0.05, 0) is 29.1 Å². The molecule has 0 bridgehead atoms. The first-order valence-corrected chi connectivity index (χ1v) is 7.07. The number of hydrogen-bond acceptors (Lipinski definition) is 3. The van der Waals surface area contributed by atoms with Crippen molar-refractivity contribution >= 4 is 23.1 Å². The second-order valence-electron chi connectivity index (χ2n) is 4.23. The summed E-state index contributed by atoms with van der Waals surface area (Å²) in [5.41, 5.74) is 2.14. The molecule has 0 spiro atoms. The minimum atomic E-state index is -0.125. The maximum absolute atomic E-state index is 11.9. The Balaban J connectivity index is 1.75. The number of nitrogens with zero attached hydrogens (tertiary/aromatic N) is 1. The lowest BCUT2D eigenvalue weighted by molar-refractivity contribution is 0.103. The van der Waals surface area contributed by atoms with Crippen molar-refractivity contribution in [2.45, 2.75) is 0 Å². The number of thiophene rings is 1. The lowest BCUT2D eigenvalue weighted by atomic mass is 10.1. The summed E-state index contributed by atoms with van der Waals surface area (Å²) in [4.78, 5) is 16.8. The molecule has 0 aliphatic carbocycles. The van der Waals surface area contributed by atoms with Gasteiger partial charge in [0, 0.05) is 11.8 Å². The Bertz CT molecular complexity index is 691. The normalized spacial score (nSPS) is 10.2. The fourth-order valence-electron chi connectivity index (χ4n) is 1.85. The highest BCUT2D eigenvalue weighted by Gasteiger charge is 2.07. The van der Waals surface area contributed by atoms with Gasteiger partial charge in [-0.3, -0.25) is 4.79 Å². The van der Waals surface area contributed by atoms with Crippen LogP contribution in [0.3, 0.4) is 0 Å². The van der Waals surface area contributed by atoms with E-state index in [0.717, 1.165) is 11.1 Å². The maximum Gasteiger partial charge on any atom is 0.266 e. The van der Waals surface area contributed by atoms with Crippen molar-refractivity contribution in [1.29, 1.82) is 0 Å². The molecule has 1 aromatic carbocycles. The van der Waals surface area contributed by atoms with Gasteiger partial charge in [0.25, 0.3) is 5.91 Å². The highest BCUT2D eigenvalue weighted by atomic mass is 32.1. The average Bonchev–Trinajstić information content (AvgIpc) is 3.03. The first kappa shape index (κ1) is 12.6. The highest BCUT2D eigenvalue weighted by molar-refractivity contribution is 7.12. The minimum absolute atomic E-state index is 0.125. The third-order valence-corrected chi connectivity index (χ3v) is 3.73. The molecular weight excluding hydrogens is 268 g/mol. The molecule has 98 valence electrons. The number of carbonyl (C=O) groups excluding carboxylic acids is 1. The molecule has 0 aliphatic heterocycles. The molecule has 0 unspecified atom stereocenters. The van der Waals surface area contributed by atoms with E-state index in [0.29, 0.717) is 10.7 Å². The van der Waals surface area contributed by atoms with E-state index in [2.05, 4.69) is 10.3 Å². The first-order chi connectivity index (χ1) is 9.83. The Morgan fingerprint density at radius 1 is 0.950 bits per heavy atom. The Morgan fingerprint density at radius 3 is 2.45 bits per heavy atom. The predicted octanol–water partition coefficient (Wildman–Crippen LogP) is 4.06. The predicted molar refractivity (Wildman–Crippen MR) is 81.9 cm³/mol. The second kappa shape index (κ2) is 5.67. The number of rotatable bonds is 3. The van der Waals surface area contributed by atoms with E-state index in [1.165, 1.54) is 11.3 Å². The molecular formula is C16H12N2OS. The van der Waals surface area contributed by atoms with Crippen LogP contribution in [-0.4, -0.2) is 10.9 Å². The number of carbonyl (C=O) groups is 1. The van der Waals surface area contributed by atoms with Gasteiger partial charge in [-0.15, -0.1) is 11.3 Å². The maximum atomic E-state index is 11.9. The van der Waals surface area contributed by atoms with Crippen LogP contribution < -0.4 is 5.32 Å². The van der Waals surface area contributed by atoms with Gasteiger partial charge in [0.2, 0.25) is 0 Å². The molecule has 2 aromatic heterocycles. The van der Waals surface area contributed by atoms with Crippen molar-refractivity contribution in [3.05, 3.63) is 71.1 Å². The summed E-state index contributed by atoms with van der Waals surface area (Å²) in [6.45, 7) is 0. The number of hydrogen-bond donors (Lipinski definition) is 1. The fraction of sp³-hybridized carbons (Fsp3) is 0. The van der Waals surface area contributed by atoms with Crippen LogP contribution in [-0.2, 0) is 0 Å². The number of nitrogens with one attached hydrogen (secondary N) is 1. The van der Waals surface area contributed by atoms with Crippen LogP contribution in [0.25, 0.3) is 11.1 Å². The molecule has 3 nitrogen and oxygen atoms in total.